The first-order valence-corrected chi connectivity index (χ1v) is 6.89. The van der Waals surface area contributed by atoms with Crippen molar-refractivity contribution >= 4 is 15.9 Å². The molecule has 0 heterocycles. The molecule has 2 aliphatic rings. The van der Waals surface area contributed by atoms with Crippen LogP contribution < -0.4 is 0 Å². The van der Waals surface area contributed by atoms with Gasteiger partial charge < -0.3 is 0 Å². The molecule has 1 unspecified atom stereocenters. The molecule has 0 saturated heterocycles. The molecule has 3 rings (SSSR count). The molecule has 2 aliphatic carbocycles. The summed E-state index contributed by atoms with van der Waals surface area (Å²) in [4.78, 5) is 0. The highest BCUT2D eigenvalue weighted by Crippen LogP contribution is 2.42. The van der Waals surface area contributed by atoms with Crippen molar-refractivity contribution in [1.82, 2.24) is 0 Å². The Labute approximate surface area is 100 Å². The summed E-state index contributed by atoms with van der Waals surface area (Å²) in [5.74, 6) is 0.796. The van der Waals surface area contributed by atoms with E-state index in [1.165, 1.54) is 43.0 Å². The number of hydrogen-bond acceptors (Lipinski definition) is 0. The lowest BCUT2D eigenvalue weighted by atomic mass is 9.84. The maximum Gasteiger partial charge on any atom is 0.0213 e. The molecule has 1 atom stereocenters. The summed E-state index contributed by atoms with van der Waals surface area (Å²) in [5, 5.41) is 0. The van der Waals surface area contributed by atoms with Gasteiger partial charge in [-0.15, -0.1) is 0 Å². The molecule has 0 saturated carbocycles. The van der Waals surface area contributed by atoms with Crippen LogP contribution in [0.3, 0.4) is 0 Å². The molecule has 0 aliphatic heterocycles. The normalized spacial score (nSPS) is 23.7. The highest BCUT2D eigenvalue weighted by atomic mass is 79.9. The second-order valence-electron chi connectivity index (χ2n) is 5.04. The predicted molar refractivity (Wildman–Crippen MR) is 67.5 cm³/mol. The van der Waals surface area contributed by atoms with Gasteiger partial charge in [0.2, 0.25) is 0 Å². The fourth-order valence-electron chi connectivity index (χ4n) is 3.30. The topological polar surface area (TPSA) is 0 Å². The molecule has 0 N–H and O–H groups in total. The fraction of sp³-hybridized carbons (Fsp3) is 0.571. The van der Waals surface area contributed by atoms with E-state index in [9.17, 15) is 0 Å². The van der Waals surface area contributed by atoms with Crippen LogP contribution in [-0.4, -0.2) is 0 Å². The number of hydrogen-bond donors (Lipinski definition) is 0. The third kappa shape index (κ3) is 1.47. The summed E-state index contributed by atoms with van der Waals surface area (Å²) < 4.78 is 1.38. The smallest absolute Gasteiger partial charge is 0.0213 e. The van der Waals surface area contributed by atoms with Gasteiger partial charge >= 0.3 is 0 Å². The summed E-state index contributed by atoms with van der Waals surface area (Å²) in [6, 6.07) is 2.39. The van der Waals surface area contributed by atoms with Gasteiger partial charge in [0.1, 0.15) is 0 Å². The van der Waals surface area contributed by atoms with E-state index in [2.05, 4.69) is 28.9 Å². The molecular weight excluding hydrogens is 248 g/mol. The van der Waals surface area contributed by atoms with E-state index < -0.39 is 0 Å². The summed E-state index contributed by atoms with van der Waals surface area (Å²) in [6.45, 7) is 2.40. The van der Waals surface area contributed by atoms with Crippen molar-refractivity contribution in [3.05, 3.63) is 32.8 Å². The van der Waals surface area contributed by atoms with Crippen LogP contribution in [0.4, 0.5) is 0 Å². The number of fused-ring (bicyclic) bond motifs is 3. The molecule has 0 fully saturated rings. The van der Waals surface area contributed by atoms with Crippen molar-refractivity contribution in [2.75, 3.05) is 0 Å². The predicted octanol–water partition coefficient (Wildman–Crippen LogP) is 4.38. The van der Waals surface area contributed by atoms with Crippen molar-refractivity contribution in [3.8, 4) is 0 Å². The lowest BCUT2D eigenvalue weighted by Gasteiger charge is -2.22. The molecule has 15 heavy (non-hydrogen) atoms. The molecule has 0 aromatic heterocycles. The lowest BCUT2D eigenvalue weighted by Crippen LogP contribution is -2.08. The van der Waals surface area contributed by atoms with E-state index in [0.717, 1.165) is 5.92 Å². The Morgan fingerprint density at radius 1 is 1.13 bits per heavy atom. The van der Waals surface area contributed by atoms with Crippen LogP contribution >= 0.6 is 15.9 Å². The number of rotatable bonds is 0. The third-order valence-corrected chi connectivity index (χ3v) is 4.78. The van der Waals surface area contributed by atoms with Crippen LogP contribution in [0.1, 0.15) is 54.4 Å². The maximum absolute atomic E-state index is 3.75. The van der Waals surface area contributed by atoms with Crippen LogP contribution in [0.5, 0.6) is 0 Å². The zero-order valence-corrected chi connectivity index (χ0v) is 10.9. The molecular formula is C14H17Br. The largest absolute Gasteiger partial charge is 0.0584 e. The SMILES string of the molecule is CC1CCc2c(Br)cc3c(c21)CCCC3. The van der Waals surface area contributed by atoms with Gasteiger partial charge in [-0.05, 0) is 72.8 Å². The zero-order chi connectivity index (χ0) is 10.4. The average molecular weight is 265 g/mol. The van der Waals surface area contributed by atoms with Gasteiger partial charge in [-0.2, -0.15) is 0 Å². The molecule has 1 aromatic rings. The standard InChI is InChI=1S/C14H17Br/c1-9-6-7-12-13(15)8-10-4-2-3-5-11(10)14(9)12/h8-9H,2-7H2,1H3. The third-order valence-electron chi connectivity index (χ3n) is 4.07. The first kappa shape index (κ1) is 9.89. The number of aryl methyl sites for hydroxylation is 1. The van der Waals surface area contributed by atoms with Crippen LogP contribution in [0, 0.1) is 0 Å². The minimum atomic E-state index is 0.796. The first-order valence-electron chi connectivity index (χ1n) is 6.10. The maximum atomic E-state index is 3.75. The van der Waals surface area contributed by atoms with Crippen molar-refractivity contribution in [2.24, 2.45) is 0 Å². The molecule has 0 bridgehead atoms. The zero-order valence-electron chi connectivity index (χ0n) is 9.28. The minimum Gasteiger partial charge on any atom is -0.0584 e. The van der Waals surface area contributed by atoms with E-state index >= 15 is 0 Å². The fourth-order valence-corrected chi connectivity index (χ4v) is 3.99. The summed E-state index contributed by atoms with van der Waals surface area (Å²) in [7, 11) is 0. The van der Waals surface area contributed by atoms with E-state index in [1.807, 2.05) is 0 Å². The van der Waals surface area contributed by atoms with Gasteiger partial charge in [0.15, 0.2) is 0 Å². The molecule has 1 heteroatoms. The van der Waals surface area contributed by atoms with Gasteiger partial charge in [-0.25, -0.2) is 0 Å². The summed E-state index contributed by atoms with van der Waals surface area (Å²) in [6.07, 6.45) is 8.04. The number of benzene rings is 1. The van der Waals surface area contributed by atoms with Crippen LogP contribution in [0.15, 0.2) is 10.5 Å². The Morgan fingerprint density at radius 2 is 1.93 bits per heavy atom. The lowest BCUT2D eigenvalue weighted by molar-refractivity contribution is 0.666. The first-order chi connectivity index (χ1) is 7.27. The Hall–Kier alpha value is -0.300. The average Bonchev–Trinajstić information content (AvgIpc) is 2.62. The Kier molecular flexibility index (Phi) is 2.39. The van der Waals surface area contributed by atoms with Crippen molar-refractivity contribution in [3.63, 3.8) is 0 Å². The van der Waals surface area contributed by atoms with Gasteiger partial charge in [0.25, 0.3) is 0 Å². The molecule has 0 nitrogen and oxygen atoms in total. The Balaban J connectivity index is 2.23. The summed E-state index contributed by atoms with van der Waals surface area (Å²) >= 11 is 3.75. The van der Waals surface area contributed by atoms with Gasteiger partial charge in [0.05, 0.1) is 0 Å². The van der Waals surface area contributed by atoms with Crippen LogP contribution in [-0.2, 0) is 19.3 Å². The van der Waals surface area contributed by atoms with Crippen LogP contribution in [0.2, 0.25) is 0 Å². The molecule has 1 aromatic carbocycles. The number of halogens is 1. The van der Waals surface area contributed by atoms with Crippen LogP contribution in [0.25, 0.3) is 0 Å². The molecule has 80 valence electrons. The van der Waals surface area contributed by atoms with Gasteiger partial charge in [-0.3, -0.25) is 0 Å². The highest BCUT2D eigenvalue weighted by Gasteiger charge is 2.26. The summed E-state index contributed by atoms with van der Waals surface area (Å²) in [5.41, 5.74) is 6.66. The van der Waals surface area contributed by atoms with E-state index in [0.29, 0.717) is 0 Å². The van der Waals surface area contributed by atoms with Gasteiger partial charge in [-0.1, -0.05) is 22.9 Å². The van der Waals surface area contributed by atoms with Crippen molar-refractivity contribution < 1.29 is 0 Å². The highest BCUT2D eigenvalue weighted by molar-refractivity contribution is 9.10. The van der Waals surface area contributed by atoms with E-state index in [1.54, 1.807) is 22.3 Å². The Morgan fingerprint density at radius 3 is 2.80 bits per heavy atom. The quantitative estimate of drug-likeness (QED) is 0.653. The second kappa shape index (κ2) is 3.62. The van der Waals surface area contributed by atoms with Gasteiger partial charge in [0, 0.05) is 4.47 Å². The minimum absolute atomic E-state index is 0.796. The van der Waals surface area contributed by atoms with E-state index in [-0.39, 0.29) is 0 Å². The second-order valence-corrected chi connectivity index (χ2v) is 5.89. The molecule has 0 radical (unpaired) electrons. The molecule has 0 spiro atoms. The van der Waals surface area contributed by atoms with Crippen molar-refractivity contribution in [1.29, 1.82) is 0 Å². The monoisotopic (exact) mass is 264 g/mol. The van der Waals surface area contributed by atoms with Crippen molar-refractivity contribution in [2.45, 2.75) is 51.4 Å². The van der Waals surface area contributed by atoms with E-state index in [4.69, 9.17) is 0 Å². The molecule has 0 amide bonds. The Bertz CT molecular complexity index is 406.